The van der Waals surface area contributed by atoms with E-state index in [0.29, 0.717) is 6.42 Å². The molecule has 1 heterocycles. The number of aliphatic carboxylic acids is 1. The number of carbonyl (C=O) groups is 1. The summed E-state index contributed by atoms with van der Waals surface area (Å²) in [6, 6.07) is 3.56. The molecule has 1 rings (SSSR count). The number of nitriles is 1. The van der Waals surface area contributed by atoms with E-state index >= 15 is 0 Å². The maximum Gasteiger partial charge on any atom is 0.433 e. The molecule has 0 aromatic carbocycles. The van der Waals surface area contributed by atoms with Crippen molar-refractivity contribution in [1.29, 1.82) is 5.26 Å². The molecule has 0 aliphatic heterocycles. The SMILES string of the molecule is CC(CCC(=O)O)CNc1nc(C(F)(F)F)ccc1C#N. The number of rotatable bonds is 6. The van der Waals surface area contributed by atoms with Crippen LogP contribution < -0.4 is 5.32 Å². The van der Waals surface area contributed by atoms with Crippen molar-refractivity contribution in [2.75, 3.05) is 11.9 Å². The summed E-state index contributed by atoms with van der Waals surface area (Å²) in [5, 5.41) is 20.1. The lowest BCUT2D eigenvalue weighted by Gasteiger charge is -2.14. The Morgan fingerprint density at radius 2 is 2.19 bits per heavy atom. The van der Waals surface area contributed by atoms with Gasteiger partial charge in [-0.25, -0.2) is 4.98 Å². The molecule has 0 saturated carbocycles. The molecule has 0 aliphatic carbocycles. The zero-order valence-corrected chi connectivity index (χ0v) is 11.2. The smallest absolute Gasteiger partial charge is 0.433 e. The van der Waals surface area contributed by atoms with Crippen LogP contribution in [-0.4, -0.2) is 22.6 Å². The largest absolute Gasteiger partial charge is 0.481 e. The highest BCUT2D eigenvalue weighted by molar-refractivity contribution is 5.66. The van der Waals surface area contributed by atoms with Crippen LogP contribution in [0.4, 0.5) is 19.0 Å². The summed E-state index contributed by atoms with van der Waals surface area (Å²) in [6.45, 7) is 1.99. The summed E-state index contributed by atoms with van der Waals surface area (Å²) in [5.74, 6) is -1.16. The molecule has 5 nitrogen and oxygen atoms in total. The van der Waals surface area contributed by atoms with E-state index in [9.17, 15) is 18.0 Å². The van der Waals surface area contributed by atoms with Gasteiger partial charge >= 0.3 is 12.1 Å². The summed E-state index contributed by atoms with van der Waals surface area (Å²) >= 11 is 0. The summed E-state index contributed by atoms with van der Waals surface area (Å²) in [7, 11) is 0. The zero-order valence-electron chi connectivity index (χ0n) is 11.2. The molecule has 8 heteroatoms. The standard InChI is InChI=1S/C13H14F3N3O2/c1-8(2-5-11(20)21)7-18-12-9(6-17)3-4-10(19-12)13(14,15)16/h3-4,8H,2,5,7H2,1H3,(H,18,19)(H,20,21). The summed E-state index contributed by atoms with van der Waals surface area (Å²) in [5.41, 5.74) is -1.07. The monoisotopic (exact) mass is 301 g/mol. The highest BCUT2D eigenvalue weighted by Crippen LogP contribution is 2.29. The molecule has 0 spiro atoms. The number of carboxylic acids is 1. The molecule has 21 heavy (non-hydrogen) atoms. The molecule has 0 amide bonds. The third kappa shape index (κ3) is 5.30. The number of anilines is 1. The lowest BCUT2D eigenvalue weighted by Crippen LogP contribution is -2.16. The van der Waals surface area contributed by atoms with Crippen molar-refractivity contribution < 1.29 is 23.1 Å². The number of aromatic nitrogens is 1. The Hall–Kier alpha value is -2.30. The van der Waals surface area contributed by atoms with Gasteiger partial charge in [0.15, 0.2) is 0 Å². The summed E-state index contributed by atoms with van der Waals surface area (Å²) < 4.78 is 37.7. The second-order valence-corrected chi connectivity index (χ2v) is 4.62. The Morgan fingerprint density at radius 3 is 2.71 bits per heavy atom. The van der Waals surface area contributed by atoms with Gasteiger partial charge in [0.05, 0.1) is 5.56 Å². The number of pyridine rings is 1. The van der Waals surface area contributed by atoms with Crippen molar-refractivity contribution in [2.24, 2.45) is 5.92 Å². The number of nitrogens with zero attached hydrogens (tertiary/aromatic N) is 2. The van der Waals surface area contributed by atoms with E-state index in [2.05, 4.69) is 10.3 Å². The van der Waals surface area contributed by atoms with Crippen LogP contribution in [0.25, 0.3) is 0 Å². The Kier molecular flexibility index (Phi) is 5.52. The fraction of sp³-hybridized carbons (Fsp3) is 0.462. The molecule has 1 atom stereocenters. The van der Waals surface area contributed by atoms with Gasteiger partial charge in [0.1, 0.15) is 17.6 Å². The maximum atomic E-state index is 12.6. The fourth-order valence-electron chi connectivity index (χ4n) is 1.58. The van der Waals surface area contributed by atoms with E-state index in [1.165, 1.54) is 0 Å². The first-order valence-corrected chi connectivity index (χ1v) is 6.18. The number of nitrogens with one attached hydrogen (secondary N) is 1. The van der Waals surface area contributed by atoms with Crippen LogP contribution in [0.15, 0.2) is 12.1 Å². The minimum Gasteiger partial charge on any atom is -0.481 e. The third-order valence-electron chi connectivity index (χ3n) is 2.78. The fourth-order valence-corrected chi connectivity index (χ4v) is 1.58. The van der Waals surface area contributed by atoms with E-state index in [1.54, 1.807) is 13.0 Å². The number of hydrogen-bond acceptors (Lipinski definition) is 4. The molecular weight excluding hydrogens is 287 g/mol. The van der Waals surface area contributed by atoms with Crippen molar-refractivity contribution in [2.45, 2.75) is 25.9 Å². The average molecular weight is 301 g/mol. The molecule has 0 bridgehead atoms. The van der Waals surface area contributed by atoms with Crippen LogP contribution in [-0.2, 0) is 11.0 Å². The molecule has 0 aliphatic rings. The van der Waals surface area contributed by atoms with E-state index in [1.807, 2.05) is 0 Å². The first-order chi connectivity index (χ1) is 9.74. The van der Waals surface area contributed by atoms with Crippen LogP contribution in [0.1, 0.15) is 31.0 Å². The molecule has 114 valence electrons. The highest BCUT2D eigenvalue weighted by atomic mass is 19.4. The minimum absolute atomic E-state index is 0.00781. The van der Waals surface area contributed by atoms with Crippen molar-refractivity contribution in [3.05, 3.63) is 23.4 Å². The molecule has 0 saturated heterocycles. The lowest BCUT2D eigenvalue weighted by molar-refractivity contribution is -0.141. The Balaban J connectivity index is 2.77. The molecule has 1 aromatic heterocycles. The van der Waals surface area contributed by atoms with Gasteiger partial charge in [0.2, 0.25) is 0 Å². The van der Waals surface area contributed by atoms with E-state index in [-0.39, 0.29) is 30.3 Å². The average Bonchev–Trinajstić information content (AvgIpc) is 2.41. The summed E-state index contributed by atoms with van der Waals surface area (Å²) in [6.07, 6.45) is -4.23. The van der Waals surface area contributed by atoms with Crippen molar-refractivity contribution >= 4 is 11.8 Å². The Morgan fingerprint density at radius 1 is 1.52 bits per heavy atom. The van der Waals surface area contributed by atoms with E-state index in [0.717, 1.165) is 12.1 Å². The Bertz CT molecular complexity index is 553. The molecule has 0 radical (unpaired) electrons. The number of alkyl halides is 3. The van der Waals surface area contributed by atoms with E-state index < -0.39 is 17.8 Å². The van der Waals surface area contributed by atoms with Crippen LogP contribution in [0.2, 0.25) is 0 Å². The lowest BCUT2D eigenvalue weighted by atomic mass is 10.1. The predicted octanol–water partition coefficient (Wildman–Crippen LogP) is 2.88. The van der Waals surface area contributed by atoms with E-state index in [4.69, 9.17) is 10.4 Å². The van der Waals surface area contributed by atoms with Gasteiger partial charge in [0, 0.05) is 13.0 Å². The van der Waals surface area contributed by atoms with Gasteiger partial charge < -0.3 is 10.4 Å². The normalized spacial score (nSPS) is 12.5. The quantitative estimate of drug-likeness (QED) is 0.843. The second-order valence-electron chi connectivity index (χ2n) is 4.62. The van der Waals surface area contributed by atoms with Crippen LogP contribution in [0.5, 0.6) is 0 Å². The van der Waals surface area contributed by atoms with Crippen molar-refractivity contribution in [3.8, 4) is 6.07 Å². The number of halogens is 3. The molecule has 2 N–H and O–H groups in total. The predicted molar refractivity (Wildman–Crippen MR) is 68.5 cm³/mol. The first kappa shape index (κ1) is 16.8. The minimum atomic E-state index is -4.58. The first-order valence-electron chi connectivity index (χ1n) is 6.18. The molecule has 0 fully saturated rings. The van der Waals surface area contributed by atoms with Crippen LogP contribution in [0, 0.1) is 17.2 Å². The highest BCUT2D eigenvalue weighted by Gasteiger charge is 2.33. The van der Waals surface area contributed by atoms with Gasteiger partial charge in [0.25, 0.3) is 0 Å². The Labute approximate surface area is 119 Å². The maximum absolute atomic E-state index is 12.6. The topological polar surface area (TPSA) is 86.0 Å². The summed E-state index contributed by atoms with van der Waals surface area (Å²) in [4.78, 5) is 13.8. The molecule has 1 aromatic rings. The zero-order chi connectivity index (χ0) is 16.0. The number of carboxylic acid groups (broad SMARTS) is 1. The second kappa shape index (κ2) is 6.92. The van der Waals surface area contributed by atoms with Crippen LogP contribution in [0.3, 0.4) is 0 Å². The molecule has 1 unspecified atom stereocenters. The number of hydrogen-bond donors (Lipinski definition) is 2. The van der Waals surface area contributed by atoms with Crippen LogP contribution >= 0.6 is 0 Å². The van der Waals surface area contributed by atoms with Gasteiger partial charge in [-0.1, -0.05) is 6.92 Å². The third-order valence-corrected chi connectivity index (χ3v) is 2.78. The molecular formula is C13H14F3N3O2. The van der Waals surface area contributed by atoms with Gasteiger partial charge in [-0.3, -0.25) is 4.79 Å². The van der Waals surface area contributed by atoms with Crippen molar-refractivity contribution in [3.63, 3.8) is 0 Å². The van der Waals surface area contributed by atoms with Gasteiger partial charge in [-0.2, -0.15) is 18.4 Å². The van der Waals surface area contributed by atoms with Gasteiger partial charge in [-0.05, 0) is 24.5 Å². The van der Waals surface area contributed by atoms with Crippen molar-refractivity contribution in [1.82, 2.24) is 4.98 Å². The van der Waals surface area contributed by atoms with Gasteiger partial charge in [-0.15, -0.1) is 0 Å².